The summed E-state index contributed by atoms with van der Waals surface area (Å²) in [6.45, 7) is 2.18. The van der Waals surface area contributed by atoms with Gasteiger partial charge in [-0.25, -0.2) is 0 Å². The number of hydrogen-bond donors (Lipinski definition) is 0. The van der Waals surface area contributed by atoms with E-state index in [-0.39, 0.29) is 36.1 Å². The maximum Gasteiger partial charge on any atom is 0.118 e. The Hall–Kier alpha value is -3.22. The van der Waals surface area contributed by atoms with Gasteiger partial charge in [-0.1, -0.05) is 97.1 Å². The van der Waals surface area contributed by atoms with Crippen molar-refractivity contribution < 1.29 is 23.7 Å². The number of methoxy groups -OCH3 is 2. The molecular formula is C34H38O5. The van der Waals surface area contributed by atoms with Gasteiger partial charge in [0.15, 0.2) is 0 Å². The van der Waals surface area contributed by atoms with Crippen molar-refractivity contribution in [2.24, 2.45) is 17.8 Å². The second-order valence-electron chi connectivity index (χ2n) is 10.2. The summed E-state index contributed by atoms with van der Waals surface area (Å²) in [7, 11) is 3.43. The Labute approximate surface area is 232 Å². The third-order valence-corrected chi connectivity index (χ3v) is 7.61. The molecule has 0 aliphatic heterocycles. The summed E-state index contributed by atoms with van der Waals surface area (Å²) in [6, 6.07) is 28.7. The average molecular weight is 527 g/mol. The van der Waals surface area contributed by atoms with E-state index in [1.165, 1.54) is 0 Å². The first-order valence-electron chi connectivity index (χ1n) is 13.7. The largest absolute Gasteiger partial charge is 0.497 e. The Kier molecular flexibility index (Phi) is 9.62. The summed E-state index contributed by atoms with van der Waals surface area (Å²) in [4.78, 5) is 0. The van der Waals surface area contributed by atoms with Gasteiger partial charge >= 0.3 is 0 Å². The standard InChI is InChI=1S/C34H38O5/c1-35-24-28-15-18-30-31(37-21-25-9-5-3-6-10-25)19-20-32(38-22-27-13-16-29(36-2)17-14-27)33(30)34(28)39-23-26-11-7-4-8-12-26/h3-20,28,30-34H,21-24H2,1-2H3/t28-,30-,31-,32-,33-,34+/m1/s1. The molecule has 3 aromatic carbocycles. The SMILES string of the molecule is COC[C@H]1C=C[C@H]2[C@@H]([C@H]1OCc1ccccc1)[C@H](OCc1ccc(OC)cc1)C=C[C@H]2OCc1ccccc1. The minimum absolute atomic E-state index is 0.0707. The topological polar surface area (TPSA) is 46.2 Å². The highest BCUT2D eigenvalue weighted by Gasteiger charge is 2.46. The van der Waals surface area contributed by atoms with E-state index in [1.807, 2.05) is 60.7 Å². The van der Waals surface area contributed by atoms with Crippen molar-refractivity contribution in [3.8, 4) is 5.75 Å². The van der Waals surface area contributed by atoms with Crippen molar-refractivity contribution in [1.82, 2.24) is 0 Å². The molecule has 204 valence electrons. The Morgan fingerprint density at radius 2 is 1.13 bits per heavy atom. The van der Waals surface area contributed by atoms with Crippen molar-refractivity contribution in [3.63, 3.8) is 0 Å². The summed E-state index contributed by atoms with van der Waals surface area (Å²) in [5.74, 6) is 1.15. The van der Waals surface area contributed by atoms with Crippen molar-refractivity contribution in [2.45, 2.75) is 38.1 Å². The molecule has 39 heavy (non-hydrogen) atoms. The van der Waals surface area contributed by atoms with Crippen LogP contribution in [0, 0.1) is 17.8 Å². The highest BCUT2D eigenvalue weighted by atomic mass is 16.5. The normalized spacial score (nSPS) is 25.8. The summed E-state index contributed by atoms with van der Waals surface area (Å²) in [5.41, 5.74) is 3.41. The van der Waals surface area contributed by atoms with Gasteiger partial charge in [0.05, 0.1) is 51.8 Å². The summed E-state index contributed by atoms with van der Waals surface area (Å²) < 4.78 is 30.7. The zero-order chi connectivity index (χ0) is 26.9. The van der Waals surface area contributed by atoms with Crippen LogP contribution in [-0.4, -0.2) is 39.1 Å². The van der Waals surface area contributed by atoms with E-state index in [0.717, 1.165) is 22.4 Å². The second-order valence-corrected chi connectivity index (χ2v) is 10.2. The van der Waals surface area contributed by atoms with Crippen molar-refractivity contribution in [2.75, 3.05) is 20.8 Å². The predicted octanol–water partition coefficient (Wildman–Crippen LogP) is 6.39. The van der Waals surface area contributed by atoms with Crippen LogP contribution in [0.5, 0.6) is 5.75 Å². The monoisotopic (exact) mass is 526 g/mol. The lowest BCUT2D eigenvalue weighted by Gasteiger charge is -2.46. The van der Waals surface area contributed by atoms with Crippen molar-refractivity contribution in [1.29, 1.82) is 0 Å². The molecule has 0 N–H and O–H groups in total. The van der Waals surface area contributed by atoms with Gasteiger partial charge in [0, 0.05) is 24.9 Å². The van der Waals surface area contributed by atoms with E-state index in [9.17, 15) is 0 Å². The highest BCUT2D eigenvalue weighted by Crippen LogP contribution is 2.42. The van der Waals surface area contributed by atoms with E-state index < -0.39 is 0 Å². The van der Waals surface area contributed by atoms with E-state index in [4.69, 9.17) is 23.7 Å². The first kappa shape index (κ1) is 27.4. The van der Waals surface area contributed by atoms with Gasteiger partial charge in [0.25, 0.3) is 0 Å². The van der Waals surface area contributed by atoms with Crippen LogP contribution in [0.3, 0.4) is 0 Å². The molecule has 0 aromatic heterocycles. The molecule has 6 atom stereocenters. The van der Waals surface area contributed by atoms with Crippen LogP contribution in [0.2, 0.25) is 0 Å². The minimum Gasteiger partial charge on any atom is -0.497 e. The van der Waals surface area contributed by atoms with E-state index in [2.05, 4.69) is 48.6 Å². The molecule has 0 saturated heterocycles. The predicted molar refractivity (Wildman–Crippen MR) is 152 cm³/mol. The van der Waals surface area contributed by atoms with Gasteiger partial charge < -0.3 is 23.7 Å². The zero-order valence-electron chi connectivity index (χ0n) is 22.7. The smallest absolute Gasteiger partial charge is 0.118 e. The molecule has 5 nitrogen and oxygen atoms in total. The maximum absolute atomic E-state index is 6.71. The molecule has 3 aromatic rings. The molecule has 0 spiro atoms. The average Bonchev–Trinajstić information content (AvgIpc) is 3.00. The first-order valence-corrected chi connectivity index (χ1v) is 13.7. The van der Waals surface area contributed by atoms with Crippen LogP contribution in [-0.2, 0) is 38.8 Å². The van der Waals surface area contributed by atoms with Gasteiger partial charge in [-0.15, -0.1) is 0 Å². The maximum atomic E-state index is 6.71. The van der Waals surface area contributed by atoms with Gasteiger partial charge in [-0.05, 0) is 28.8 Å². The Morgan fingerprint density at radius 1 is 0.564 bits per heavy atom. The lowest BCUT2D eigenvalue weighted by atomic mass is 9.69. The van der Waals surface area contributed by atoms with E-state index in [0.29, 0.717) is 26.4 Å². The van der Waals surface area contributed by atoms with Gasteiger partial charge in [0.1, 0.15) is 5.75 Å². The van der Waals surface area contributed by atoms with Crippen LogP contribution < -0.4 is 4.74 Å². The summed E-state index contributed by atoms with van der Waals surface area (Å²) >= 11 is 0. The number of benzene rings is 3. The molecule has 2 aliphatic rings. The Morgan fingerprint density at radius 3 is 1.74 bits per heavy atom. The number of rotatable bonds is 12. The van der Waals surface area contributed by atoms with Crippen LogP contribution in [0.15, 0.2) is 109 Å². The van der Waals surface area contributed by atoms with Crippen molar-refractivity contribution in [3.05, 3.63) is 126 Å². The van der Waals surface area contributed by atoms with Crippen LogP contribution in [0.4, 0.5) is 0 Å². The fourth-order valence-corrected chi connectivity index (χ4v) is 5.58. The highest BCUT2D eigenvalue weighted by molar-refractivity contribution is 5.27. The number of hydrogen-bond acceptors (Lipinski definition) is 5. The molecular weight excluding hydrogens is 488 g/mol. The molecule has 0 saturated carbocycles. The number of fused-ring (bicyclic) bond motifs is 1. The molecule has 2 aliphatic carbocycles. The molecule has 0 fully saturated rings. The lowest BCUT2D eigenvalue weighted by Crippen LogP contribution is -2.51. The molecule has 0 amide bonds. The van der Waals surface area contributed by atoms with Gasteiger partial charge in [-0.2, -0.15) is 0 Å². The van der Waals surface area contributed by atoms with E-state index >= 15 is 0 Å². The lowest BCUT2D eigenvalue weighted by molar-refractivity contribution is -0.126. The Balaban J connectivity index is 1.38. The number of ether oxygens (including phenoxy) is 5. The molecule has 0 unspecified atom stereocenters. The fraction of sp³-hybridized carbons (Fsp3) is 0.353. The van der Waals surface area contributed by atoms with Crippen LogP contribution >= 0.6 is 0 Å². The molecule has 0 heterocycles. The molecule has 5 heteroatoms. The summed E-state index contributed by atoms with van der Waals surface area (Å²) in [5, 5.41) is 0. The van der Waals surface area contributed by atoms with Crippen LogP contribution in [0.1, 0.15) is 16.7 Å². The van der Waals surface area contributed by atoms with Crippen molar-refractivity contribution >= 4 is 0 Å². The quantitative estimate of drug-likeness (QED) is 0.256. The third kappa shape index (κ3) is 7.06. The van der Waals surface area contributed by atoms with E-state index in [1.54, 1.807) is 14.2 Å². The fourth-order valence-electron chi connectivity index (χ4n) is 5.58. The molecule has 5 rings (SSSR count). The molecule has 0 radical (unpaired) electrons. The third-order valence-electron chi connectivity index (χ3n) is 7.61. The van der Waals surface area contributed by atoms with Gasteiger partial charge in [-0.3, -0.25) is 0 Å². The van der Waals surface area contributed by atoms with Gasteiger partial charge in [0.2, 0.25) is 0 Å². The summed E-state index contributed by atoms with van der Waals surface area (Å²) in [6.07, 6.45) is 8.59. The first-order chi connectivity index (χ1) is 19.2. The minimum atomic E-state index is -0.126. The Bertz CT molecular complexity index is 1190. The zero-order valence-corrected chi connectivity index (χ0v) is 22.7. The van der Waals surface area contributed by atoms with Crippen LogP contribution in [0.25, 0.3) is 0 Å². The second kappa shape index (κ2) is 13.7. The molecule has 0 bridgehead atoms.